The molecule has 0 aliphatic rings. The van der Waals surface area contributed by atoms with E-state index in [0.29, 0.717) is 0 Å². The summed E-state index contributed by atoms with van der Waals surface area (Å²) in [6.45, 7) is 13.0. The average molecular weight is 339 g/mol. The van der Waals surface area contributed by atoms with Crippen molar-refractivity contribution in [2.45, 2.75) is 33.1 Å². The Morgan fingerprint density at radius 1 is 1.00 bits per heavy atom. The summed E-state index contributed by atoms with van der Waals surface area (Å²) in [6.07, 6.45) is 0. The second-order valence-electron chi connectivity index (χ2n) is 6.58. The van der Waals surface area contributed by atoms with Gasteiger partial charge in [0.1, 0.15) is 0 Å². The lowest BCUT2D eigenvalue weighted by molar-refractivity contribution is 0.622. The molecule has 2 aromatic heterocycles. The SMILES string of the molecule is C=C(C)C(C)(C)c1cc(-c2ccc(-c3cccs3)s2)ccc1C. The maximum absolute atomic E-state index is 4.19. The Labute approximate surface area is 147 Å². The molecule has 1 aromatic carbocycles. The van der Waals surface area contributed by atoms with Gasteiger partial charge in [0, 0.05) is 20.0 Å². The molecule has 0 radical (unpaired) electrons. The van der Waals surface area contributed by atoms with Crippen molar-refractivity contribution in [1.29, 1.82) is 0 Å². The van der Waals surface area contributed by atoms with Gasteiger partial charge in [-0.2, -0.15) is 0 Å². The second kappa shape index (κ2) is 6.10. The lowest BCUT2D eigenvalue weighted by Crippen LogP contribution is -2.19. The van der Waals surface area contributed by atoms with E-state index in [1.54, 1.807) is 11.3 Å². The third-order valence-electron chi connectivity index (χ3n) is 4.63. The summed E-state index contributed by atoms with van der Waals surface area (Å²) in [7, 11) is 0. The van der Waals surface area contributed by atoms with E-state index in [2.05, 4.69) is 82.1 Å². The molecule has 0 spiro atoms. The fourth-order valence-corrected chi connectivity index (χ4v) is 4.56. The zero-order chi connectivity index (χ0) is 16.6. The minimum atomic E-state index is -0.00602. The molecule has 0 aliphatic heterocycles. The third kappa shape index (κ3) is 3.06. The number of benzene rings is 1. The van der Waals surface area contributed by atoms with Crippen LogP contribution in [0.15, 0.2) is 60.0 Å². The molecule has 3 rings (SSSR count). The summed E-state index contributed by atoms with van der Waals surface area (Å²) in [6, 6.07) is 15.6. The number of thiophene rings is 2. The monoisotopic (exact) mass is 338 g/mol. The molecule has 3 aromatic rings. The Morgan fingerprint density at radius 3 is 2.39 bits per heavy atom. The van der Waals surface area contributed by atoms with Gasteiger partial charge in [-0.05, 0) is 60.2 Å². The van der Waals surface area contributed by atoms with E-state index in [-0.39, 0.29) is 5.41 Å². The molecule has 0 amide bonds. The van der Waals surface area contributed by atoms with Crippen LogP contribution in [0.2, 0.25) is 0 Å². The van der Waals surface area contributed by atoms with Crippen molar-refractivity contribution in [2.24, 2.45) is 0 Å². The lowest BCUT2D eigenvalue weighted by Gasteiger charge is -2.28. The van der Waals surface area contributed by atoms with Gasteiger partial charge in [-0.3, -0.25) is 0 Å². The van der Waals surface area contributed by atoms with Crippen molar-refractivity contribution in [3.05, 3.63) is 71.1 Å². The van der Waals surface area contributed by atoms with Gasteiger partial charge in [0.05, 0.1) is 0 Å². The Kier molecular flexibility index (Phi) is 4.31. The molecule has 2 heterocycles. The molecule has 0 atom stereocenters. The van der Waals surface area contributed by atoms with Crippen LogP contribution >= 0.6 is 22.7 Å². The van der Waals surface area contributed by atoms with Gasteiger partial charge >= 0.3 is 0 Å². The zero-order valence-corrected chi connectivity index (χ0v) is 15.8. The molecule has 0 bridgehead atoms. The lowest BCUT2D eigenvalue weighted by atomic mass is 9.76. The van der Waals surface area contributed by atoms with Crippen molar-refractivity contribution >= 4 is 22.7 Å². The number of allylic oxidation sites excluding steroid dienone is 1. The molecule has 0 nitrogen and oxygen atoms in total. The molecular weight excluding hydrogens is 316 g/mol. The summed E-state index contributed by atoms with van der Waals surface area (Å²) < 4.78 is 0. The second-order valence-corrected chi connectivity index (χ2v) is 8.61. The summed E-state index contributed by atoms with van der Waals surface area (Å²) in [5.74, 6) is 0. The van der Waals surface area contributed by atoms with Gasteiger partial charge in [0.25, 0.3) is 0 Å². The first-order valence-corrected chi connectivity index (χ1v) is 9.50. The highest BCUT2D eigenvalue weighted by Crippen LogP contribution is 2.39. The smallest absolute Gasteiger partial charge is 0.0449 e. The van der Waals surface area contributed by atoms with Gasteiger partial charge in [-0.25, -0.2) is 0 Å². The van der Waals surface area contributed by atoms with Crippen LogP contribution in [0.25, 0.3) is 20.2 Å². The molecular formula is C21H22S2. The van der Waals surface area contributed by atoms with Crippen LogP contribution in [0, 0.1) is 6.92 Å². The zero-order valence-electron chi connectivity index (χ0n) is 14.1. The van der Waals surface area contributed by atoms with E-state index in [4.69, 9.17) is 0 Å². The molecule has 118 valence electrons. The number of aryl methyl sites for hydroxylation is 1. The minimum absolute atomic E-state index is 0.00602. The predicted octanol–water partition coefficient (Wildman–Crippen LogP) is 7.31. The minimum Gasteiger partial charge on any atom is -0.143 e. The summed E-state index contributed by atoms with van der Waals surface area (Å²) in [4.78, 5) is 4.01. The van der Waals surface area contributed by atoms with Gasteiger partial charge in [-0.1, -0.05) is 44.2 Å². The molecule has 0 unspecified atom stereocenters. The van der Waals surface area contributed by atoms with Crippen LogP contribution < -0.4 is 0 Å². The Balaban J connectivity index is 2.03. The first-order chi connectivity index (χ1) is 10.9. The highest BCUT2D eigenvalue weighted by Gasteiger charge is 2.24. The molecule has 0 fully saturated rings. The predicted molar refractivity (Wildman–Crippen MR) is 106 cm³/mol. The maximum Gasteiger partial charge on any atom is 0.0449 e. The van der Waals surface area contributed by atoms with E-state index in [0.717, 1.165) is 0 Å². The first-order valence-electron chi connectivity index (χ1n) is 7.81. The number of rotatable bonds is 4. The quantitative estimate of drug-likeness (QED) is 0.438. The van der Waals surface area contributed by atoms with Crippen molar-refractivity contribution in [1.82, 2.24) is 0 Å². The maximum atomic E-state index is 4.19. The average Bonchev–Trinajstić information content (AvgIpc) is 3.18. The first kappa shape index (κ1) is 16.2. The van der Waals surface area contributed by atoms with E-state index >= 15 is 0 Å². The molecule has 0 aliphatic carbocycles. The highest BCUT2D eigenvalue weighted by molar-refractivity contribution is 7.23. The Morgan fingerprint density at radius 2 is 1.74 bits per heavy atom. The highest BCUT2D eigenvalue weighted by atomic mass is 32.1. The Bertz CT molecular complexity index is 833. The molecule has 23 heavy (non-hydrogen) atoms. The van der Waals surface area contributed by atoms with Crippen LogP contribution in [0.3, 0.4) is 0 Å². The molecule has 2 heteroatoms. The van der Waals surface area contributed by atoms with Crippen molar-refractivity contribution in [2.75, 3.05) is 0 Å². The molecule has 0 saturated heterocycles. The topological polar surface area (TPSA) is 0 Å². The fraction of sp³-hybridized carbons (Fsp3) is 0.238. The molecule has 0 saturated carbocycles. The van der Waals surface area contributed by atoms with Crippen molar-refractivity contribution in [3.63, 3.8) is 0 Å². The summed E-state index contributed by atoms with van der Waals surface area (Å²) >= 11 is 3.66. The van der Waals surface area contributed by atoms with E-state index in [9.17, 15) is 0 Å². The standard InChI is InChI=1S/C21H22S2/c1-14(2)21(4,5)17-13-16(9-8-15(17)3)18-10-11-20(23-18)19-7-6-12-22-19/h6-13H,1H2,2-5H3. The summed E-state index contributed by atoms with van der Waals surface area (Å²) in [5.41, 5.74) is 5.19. The van der Waals surface area contributed by atoms with Gasteiger partial charge in [0.2, 0.25) is 0 Å². The Hall–Kier alpha value is -1.64. The largest absolute Gasteiger partial charge is 0.143 e. The fourth-order valence-electron chi connectivity index (χ4n) is 2.72. The van der Waals surface area contributed by atoms with Gasteiger partial charge in [0.15, 0.2) is 0 Å². The van der Waals surface area contributed by atoms with Crippen LogP contribution in [0.4, 0.5) is 0 Å². The number of hydrogen-bond acceptors (Lipinski definition) is 2. The normalized spacial score (nSPS) is 11.7. The summed E-state index contributed by atoms with van der Waals surface area (Å²) in [5, 5.41) is 2.13. The van der Waals surface area contributed by atoms with Gasteiger partial charge in [-0.15, -0.1) is 22.7 Å². The van der Waals surface area contributed by atoms with Crippen LogP contribution in [-0.4, -0.2) is 0 Å². The number of hydrogen-bond donors (Lipinski definition) is 0. The van der Waals surface area contributed by atoms with E-state index in [1.165, 1.54) is 36.9 Å². The third-order valence-corrected chi connectivity index (χ3v) is 6.83. The van der Waals surface area contributed by atoms with E-state index < -0.39 is 0 Å². The van der Waals surface area contributed by atoms with Crippen LogP contribution in [-0.2, 0) is 5.41 Å². The van der Waals surface area contributed by atoms with Gasteiger partial charge < -0.3 is 0 Å². The van der Waals surface area contributed by atoms with E-state index in [1.807, 2.05) is 11.3 Å². The van der Waals surface area contributed by atoms with Crippen LogP contribution in [0.1, 0.15) is 31.9 Å². The van der Waals surface area contributed by atoms with Crippen molar-refractivity contribution < 1.29 is 0 Å². The molecule has 0 N–H and O–H groups in total. The van der Waals surface area contributed by atoms with Crippen molar-refractivity contribution in [3.8, 4) is 20.2 Å². The van der Waals surface area contributed by atoms with Crippen LogP contribution in [0.5, 0.6) is 0 Å².